The summed E-state index contributed by atoms with van der Waals surface area (Å²) in [6, 6.07) is 6.65. The summed E-state index contributed by atoms with van der Waals surface area (Å²) >= 11 is 4.75. The van der Waals surface area contributed by atoms with Crippen LogP contribution in [-0.2, 0) is 4.79 Å². The number of aromatic nitrogens is 2. The van der Waals surface area contributed by atoms with E-state index in [-0.39, 0.29) is 5.56 Å². The molecule has 22 heavy (non-hydrogen) atoms. The average molecular weight is 379 g/mol. The fraction of sp³-hybridized carbons (Fsp3) is 0.133. The van der Waals surface area contributed by atoms with Gasteiger partial charge in [-0.05, 0) is 24.6 Å². The van der Waals surface area contributed by atoms with Gasteiger partial charge in [-0.15, -0.1) is 11.3 Å². The number of hydrogen-bond acceptors (Lipinski definition) is 4. The first-order valence-electron chi connectivity index (χ1n) is 6.46. The molecule has 1 unspecified atom stereocenters. The molecule has 0 amide bonds. The van der Waals surface area contributed by atoms with Crippen molar-refractivity contribution in [3.63, 3.8) is 0 Å². The maximum atomic E-state index is 12.7. The van der Waals surface area contributed by atoms with Crippen molar-refractivity contribution < 1.29 is 9.90 Å². The standard InChI is InChI=1S/C15H11BrN2O3S/c1-8(15(20)21)18-7-17-13-12(14(18)19)11(6-22-13)9-2-4-10(16)5-3-9/h2-8H,1H3,(H,20,21). The number of thiophene rings is 1. The molecule has 0 radical (unpaired) electrons. The lowest BCUT2D eigenvalue weighted by Crippen LogP contribution is -2.28. The summed E-state index contributed by atoms with van der Waals surface area (Å²) in [4.78, 5) is 28.6. The molecule has 2 aromatic heterocycles. The molecule has 1 aromatic carbocycles. The van der Waals surface area contributed by atoms with Gasteiger partial charge in [-0.1, -0.05) is 28.1 Å². The Bertz CT molecular complexity index is 915. The molecule has 1 N–H and O–H groups in total. The number of benzene rings is 1. The first kappa shape index (κ1) is 14.9. The highest BCUT2D eigenvalue weighted by Gasteiger charge is 2.19. The Kier molecular flexibility index (Phi) is 3.84. The Labute approximate surface area is 138 Å². The summed E-state index contributed by atoms with van der Waals surface area (Å²) in [5, 5.41) is 11.4. The monoisotopic (exact) mass is 378 g/mol. The Balaban J connectivity index is 2.25. The van der Waals surface area contributed by atoms with Gasteiger partial charge in [-0.25, -0.2) is 9.78 Å². The third-order valence-corrected chi connectivity index (χ3v) is 4.86. The summed E-state index contributed by atoms with van der Waals surface area (Å²) in [6.45, 7) is 1.46. The summed E-state index contributed by atoms with van der Waals surface area (Å²) in [6.07, 6.45) is 1.30. The van der Waals surface area contributed by atoms with Crippen LogP contribution in [0.15, 0.2) is 45.2 Å². The molecular formula is C15H11BrN2O3S. The molecule has 3 rings (SSSR count). The highest BCUT2D eigenvalue weighted by Crippen LogP contribution is 2.31. The van der Waals surface area contributed by atoms with Crippen molar-refractivity contribution in [2.75, 3.05) is 0 Å². The molecule has 0 aliphatic carbocycles. The molecule has 0 saturated heterocycles. The normalized spacial score (nSPS) is 12.5. The first-order chi connectivity index (χ1) is 10.5. The Morgan fingerprint density at radius 2 is 2.05 bits per heavy atom. The van der Waals surface area contributed by atoms with E-state index in [4.69, 9.17) is 5.11 Å². The predicted molar refractivity (Wildman–Crippen MR) is 89.4 cm³/mol. The van der Waals surface area contributed by atoms with Crippen LogP contribution in [0.5, 0.6) is 0 Å². The van der Waals surface area contributed by atoms with E-state index in [2.05, 4.69) is 20.9 Å². The van der Waals surface area contributed by atoms with Crippen LogP contribution in [0.1, 0.15) is 13.0 Å². The van der Waals surface area contributed by atoms with E-state index >= 15 is 0 Å². The van der Waals surface area contributed by atoms with Crippen molar-refractivity contribution in [3.8, 4) is 11.1 Å². The zero-order chi connectivity index (χ0) is 15.9. The number of carboxylic acid groups (broad SMARTS) is 1. The summed E-state index contributed by atoms with van der Waals surface area (Å²) in [5.74, 6) is -1.07. The van der Waals surface area contributed by atoms with Gasteiger partial charge < -0.3 is 5.11 Å². The van der Waals surface area contributed by atoms with Crippen LogP contribution in [0.2, 0.25) is 0 Å². The minimum atomic E-state index is -1.07. The number of hydrogen-bond donors (Lipinski definition) is 1. The second-order valence-corrected chi connectivity index (χ2v) is 6.58. The lowest BCUT2D eigenvalue weighted by atomic mass is 10.1. The van der Waals surface area contributed by atoms with Gasteiger partial charge in [0, 0.05) is 15.4 Å². The third kappa shape index (κ3) is 2.46. The van der Waals surface area contributed by atoms with Crippen LogP contribution in [0, 0.1) is 0 Å². The fourth-order valence-electron chi connectivity index (χ4n) is 2.18. The molecule has 0 spiro atoms. The summed E-state index contributed by atoms with van der Waals surface area (Å²) in [7, 11) is 0. The van der Waals surface area contributed by atoms with Gasteiger partial charge in [-0.3, -0.25) is 9.36 Å². The molecule has 0 bridgehead atoms. The van der Waals surface area contributed by atoms with Crippen LogP contribution in [0.4, 0.5) is 0 Å². The Morgan fingerprint density at radius 3 is 2.68 bits per heavy atom. The van der Waals surface area contributed by atoms with Crippen LogP contribution in [-0.4, -0.2) is 20.6 Å². The molecule has 7 heteroatoms. The molecule has 5 nitrogen and oxygen atoms in total. The second-order valence-electron chi connectivity index (χ2n) is 4.81. The van der Waals surface area contributed by atoms with E-state index in [0.29, 0.717) is 10.2 Å². The van der Waals surface area contributed by atoms with Crippen molar-refractivity contribution in [1.82, 2.24) is 9.55 Å². The molecule has 0 aliphatic rings. The SMILES string of the molecule is CC(C(=O)O)n1cnc2scc(-c3ccc(Br)cc3)c2c1=O. The van der Waals surface area contributed by atoms with Gasteiger partial charge in [0.05, 0.1) is 11.7 Å². The molecule has 0 saturated carbocycles. The van der Waals surface area contributed by atoms with Gasteiger partial charge in [0.1, 0.15) is 10.9 Å². The average Bonchev–Trinajstić information content (AvgIpc) is 2.92. The van der Waals surface area contributed by atoms with Gasteiger partial charge in [0.2, 0.25) is 0 Å². The maximum Gasteiger partial charge on any atom is 0.326 e. The van der Waals surface area contributed by atoms with E-state index < -0.39 is 12.0 Å². The third-order valence-electron chi connectivity index (χ3n) is 3.45. The quantitative estimate of drug-likeness (QED) is 0.756. The molecule has 0 aliphatic heterocycles. The predicted octanol–water partition coefficient (Wildman–Crippen LogP) is 3.53. The molecule has 3 aromatic rings. The van der Waals surface area contributed by atoms with E-state index in [0.717, 1.165) is 20.2 Å². The molecular weight excluding hydrogens is 368 g/mol. The molecule has 2 heterocycles. The van der Waals surface area contributed by atoms with Crippen LogP contribution < -0.4 is 5.56 Å². The lowest BCUT2D eigenvalue weighted by molar-refractivity contribution is -0.140. The topological polar surface area (TPSA) is 72.2 Å². The fourth-order valence-corrected chi connectivity index (χ4v) is 3.35. The number of nitrogens with zero attached hydrogens (tertiary/aromatic N) is 2. The van der Waals surface area contributed by atoms with Gasteiger partial charge >= 0.3 is 5.97 Å². The minimum absolute atomic E-state index is 0.334. The largest absolute Gasteiger partial charge is 0.480 e. The van der Waals surface area contributed by atoms with E-state index in [9.17, 15) is 9.59 Å². The van der Waals surface area contributed by atoms with Gasteiger partial charge in [0.25, 0.3) is 5.56 Å². The van der Waals surface area contributed by atoms with Crippen molar-refractivity contribution in [1.29, 1.82) is 0 Å². The summed E-state index contributed by atoms with van der Waals surface area (Å²) in [5.41, 5.74) is 1.34. The Hall–Kier alpha value is -1.99. The van der Waals surface area contributed by atoms with Crippen LogP contribution >= 0.6 is 27.3 Å². The van der Waals surface area contributed by atoms with E-state index in [1.807, 2.05) is 29.6 Å². The van der Waals surface area contributed by atoms with E-state index in [1.165, 1.54) is 24.6 Å². The number of aliphatic carboxylic acids is 1. The second kappa shape index (κ2) is 5.66. The zero-order valence-electron chi connectivity index (χ0n) is 11.5. The maximum absolute atomic E-state index is 12.7. The molecule has 1 atom stereocenters. The van der Waals surface area contributed by atoms with Crippen LogP contribution in [0.3, 0.4) is 0 Å². The highest BCUT2D eigenvalue weighted by molar-refractivity contribution is 9.10. The smallest absolute Gasteiger partial charge is 0.326 e. The Morgan fingerprint density at radius 1 is 1.36 bits per heavy atom. The van der Waals surface area contributed by atoms with Crippen molar-refractivity contribution >= 4 is 43.5 Å². The van der Waals surface area contributed by atoms with Crippen molar-refractivity contribution in [3.05, 3.63) is 50.8 Å². The highest BCUT2D eigenvalue weighted by atomic mass is 79.9. The zero-order valence-corrected chi connectivity index (χ0v) is 13.9. The number of carboxylic acids is 1. The number of fused-ring (bicyclic) bond motifs is 1. The van der Waals surface area contributed by atoms with Gasteiger partial charge in [0.15, 0.2) is 0 Å². The number of rotatable bonds is 3. The van der Waals surface area contributed by atoms with Gasteiger partial charge in [-0.2, -0.15) is 0 Å². The number of halogens is 1. The lowest BCUT2D eigenvalue weighted by Gasteiger charge is -2.10. The van der Waals surface area contributed by atoms with Crippen molar-refractivity contribution in [2.24, 2.45) is 0 Å². The number of carbonyl (C=O) groups is 1. The molecule has 112 valence electrons. The van der Waals surface area contributed by atoms with Crippen molar-refractivity contribution in [2.45, 2.75) is 13.0 Å². The van der Waals surface area contributed by atoms with Crippen LogP contribution in [0.25, 0.3) is 21.3 Å². The first-order valence-corrected chi connectivity index (χ1v) is 8.13. The minimum Gasteiger partial charge on any atom is -0.480 e. The van der Waals surface area contributed by atoms with E-state index in [1.54, 1.807) is 0 Å². The summed E-state index contributed by atoms with van der Waals surface area (Å²) < 4.78 is 2.10. The molecule has 0 fully saturated rings.